The number of ether oxygens (including phenoxy) is 3. The van der Waals surface area contributed by atoms with Gasteiger partial charge in [0.2, 0.25) is 12.7 Å². The summed E-state index contributed by atoms with van der Waals surface area (Å²) < 4.78 is 14.0. The summed E-state index contributed by atoms with van der Waals surface area (Å²) in [6, 6.07) is 0. The Kier molecular flexibility index (Phi) is 9.18. The molecule has 0 bridgehead atoms. The van der Waals surface area contributed by atoms with E-state index in [9.17, 15) is 19.2 Å². The maximum absolute atomic E-state index is 11.2. The Labute approximate surface area is 127 Å². The van der Waals surface area contributed by atoms with E-state index in [1.807, 2.05) is 0 Å². The van der Waals surface area contributed by atoms with Gasteiger partial charge < -0.3 is 14.2 Å². The molecule has 0 N–H and O–H groups in total. The van der Waals surface area contributed by atoms with Gasteiger partial charge in [0, 0.05) is 19.7 Å². The fraction of sp³-hybridized carbons (Fsp3) is 0.667. The van der Waals surface area contributed by atoms with Crippen LogP contribution in [0.2, 0.25) is 0 Å². The van der Waals surface area contributed by atoms with Crippen molar-refractivity contribution >= 4 is 35.0 Å². The van der Waals surface area contributed by atoms with E-state index in [0.717, 1.165) is 16.7 Å². The second-order valence-corrected chi connectivity index (χ2v) is 5.17. The summed E-state index contributed by atoms with van der Waals surface area (Å²) in [5.74, 6) is -0.699. The zero-order valence-electron chi connectivity index (χ0n) is 12.4. The third-order valence-corrected chi connectivity index (χ3v) is 2.76. The third kappa shape index (κ3) is 9.72. The van der Waals surface area contributed by atoms with Crippen molar-refractivity contribution in [2.45, 2.75) is 33.3 Å². The minimum Gasteiger partial charge on any atom is -0.463 e. The molecule has 2 amide bonds. The molecule has 0 aliphatic rings. The number of thioether (sulfide) groups is 1. The van der Waals surface area contributed by atoms with Crippen LogP contribution < -0.4 is 0 Å². The Bertz CT molecular complexity index is 397. The van der Waals surface area contributed by atoms with Crippen LogP contribution in [-0.4, -0.2) is 53.9 Å². The average Bonchev–Trinajstić information content (AvgIpc) is 2.36. The third-order valence-electron chi connectivity index (χ3n) is 2.00. The highest BCUT2D eigenvalue weighted by molar-refractivity contribution is 8.13. The number of hydrogen-bond acceptors (Lipinski definition) is 8. The molecule has 0 rings (SSSR count). The number of nitrogens with zero attached hydrogens (tertiary/aromatic N) is 1. The predicted molar refractivity (Wildman–Crippen MR) is 74.6 cm³/mol. The van der Waals surface area contributed by atoms with Crippen LogP contribution in [0.5, 0.6) is 0 Å². The molecule has 0 aromatic carbocycles. The summed E-state index contributed by atoms with van der Waals surface area (Å²) in [7, 11) is 1.24. The molecule has 9 heteroatoms. The number of rotatable bonds is 6. The van der Waals surface area contributed by atoms with E-state index in [2.05, 4.69) is 9.47 Å². The minimum atomic E-state index is -0.916. The van der Waals surface area contributed by atoms with Crippen molar-refractivity contribution in [2.24, 2.45) is 0 Å². The van der Waals surface area contributed by atoms with Gasteiger partial charge in [0.25, 0.3) is 0 Å². The molecule has 0 aliphatic carbocycles. The highest BCUT2D eigenvalue weighted by Crippen LogP contribution is 2.08. The van der Waals surface area contributed by atoms with E-state index in [4.69, 9.17) is 4.74 Å². The zero-order chi connectivity index (χ0) is 16.4. The van der Waals surface area contributed by atoms with Crippen molar-refractivity contribution in [3.05, 3.63) is 0 Å². The van der Waals surface area contributed by atoms with E-state index in [1.54, 1.807) is 13.8 Å². The maximum Gasteiger partial charge on any atom is 0.419 e. The van der Waals surface area contributed by atoms with Gasteiger partial charge in [-0.1, -0.05) is 0 Å². The molecule has 0 unspecified atom stereocenters. The highest BCUT2D eigenvalue weighted by Gasteiger charge is 2.15. The first-order valence-corrected chi connectivity index (χ1v) is 7.12. The van der Waals surface area contributed by atoms with Crippen LogP contribution in [0.15, 0.2) is 0 Å². The van der Waals surface area contributed by atoms with E-state index in [1.165, 1.54) is 14.0 Å². The Morgan fingerprint density at radius 1 is 1.14 bits per heavy atom. The number of esters is 1. The van der Waals surface area contributed by atoms with Crippen molar-refractivity contribution in [1.82, 2.24) is 4.90 Å². The van der Waals surface area contributed by atoms with Crippen LogP contribution >= 0.6 is 11.8 Å². The lowest BCUT2D eigenvalue weighted by molar-refractivity contribution is -0.146. The normalized spacial score (nSPS) is 9.95. The Hall–Kier alpha value is -1.77. The maximum atomic E-state index is 11.2. The van der Waals surface area contributed by atoms with Gasteiger partial charge >= 0.3 is 17.4 Å². The van der Waals surface area contributed by atoms with Crippen molar-refractivity contribution < 1.29 is 33.4 Å². The van der Waals surface area contributed by atoms with Gasteiger partial charge in [0.1, 0.15) is 0 Å². The van der Waals surface area contributed by atoms with Crippen molar-refractivity contribution in [3.8, 4) is 0 Å². The Morgan fingerprint density at radius 3 is 2.29 bits per heavy atom. The van der Waals surface area contributed by atoms with E-state index >= 15 is 0 Å². The monoisotopic (exact) mass is 321 g/mol. The van der Waals surface area contributed by atoms with Gasteiger partial charge in [-0.15, -0.1) is 0 Å². The summed E-state index contributed by atoms with van der Waals surface area (Å²) in [4.78, 5) is 45.2. The van der Waals surface area contributed by atoms with Gasteiger partial charge in [-0.2, -0.15) is 0 Å². The molecular weight excluding hydrogens is 302 g/mol. The number of amides is 2. The SMILES string of the molecule is CC(=O)N(C)C(=O)OCOC(=O)SCCC(=O)OC(C)C. The van der Waals surface area contributed by atoms with E-state index < -0.39 is 30.1 Å². The Balaban J connectivity index is 3.75. The summed E-state index contributed by atoms with van der Waals surface area (Å²) >= 11 is 0.764. The van der Waals surface area contributed by atoms with Gasteiger partial charge in [-0.25, -0.2) is 9.59 Å². The molecule has 0 spiro atoms. The average molecular weight is 321 g/mol. The lowest BCUT2D eigenvalue weighted by Gasteiger charge is -2.12. The van der Waals surface area contributed by atoms with Crippen LogP contribution in [0.1, 0.15) is 27.2 Å². The van der Waals surface area contributed by atoms with Gasteiger partial charge in [0.15, 0.2) is 0 Å². The van der Waals surface area contributed by atoms with Crippen LogP contribution in [-0.2, 0) is 23.8 Å². The van der Waals surface area contributed by atoms with Crippen molar-refractivity contribution in [2.75, 3.05) is 19.6 Å². The van der Waals surface area contributed by atoms with Crippen molar-refractivity contribution in [3.63, 3.8) is 0 Å². The second kappa shape index (κ2) is 10.0. The van der Waals surface area contributed by atoms with Gasteiger partial charge in [-0.3, -0.25) is 14.5 Å². The summed E-state index contributed by atoms with van der Waals surface area (Å²) in [6.07, 6.45) is -1.04. The number of carbonyl (C=O) groups excluding carboxylic acids is 4. The minimum absolute atomic E-state index is 0.0742. The van der Waals surface area contributed by atoms with Gasteiger partial charge in [0.05, 0.1) is 12.5 Å². The van der Waals surface area contributed by atoms with Crippen LogP contribution in [0.4, 0.5) is 9.59 Å². The highest BCUT2D eigenvalue weighted by atomic mass is 32.2. The molecule has 0 atom stereocenters. The predicted octanol–water partition coefficient (Wildman–Crippen LogP) is 1.77. The second-order valence-electron chi connectivity index (χ2n) is 4.14. The molecule has 0 radical (unpaired) electrons. The number of imide groups is 1. The molecule has 0 aliphatic heterocycles. The largest absolute Gasteiger partial charge is 0.463 e. The molecule has 0 fully saturated rings. The molecule has 0 saturated heterocycles. The zero-order valence-corrected chi connectivity index (χ0v) is 13.2. The quantitative estimate of drug-likeness (QED) is 0.539. The summed E-state index contributed by atoms with van der Waals surface area (Å²) in [5.41, 5.74) is 0. The summed E-state index contributed by atoms with van der Waals surface area (Å²) in [5, 5.41) is -0.689. The molecule has 8 nitrogen and oxygen atoms in total. The first-order chi connectivity index (χ1) is 9.73. The first kappa shape index (κ1) is 19.2. The lowest BCUT2D eigenvalue weighted by atomic mass is 10.4. The molecule has 0 heterocycles. The lowest BCUT2D eigenvalue weighted by Crippen LogP contribution is -2.32. The van der Waals surface area contributed by atoms with Crippen LogP contribution in [0.3, 0.4) is 0 Å². The van der Waals surface area contributed by atoms with E-state index in [-0.39, 0.29) is 18.3 Å². The Morgan fingerprint density at radius 2 is 1.76 bits per heavy atom. The standard InChI is InChI=1S/C12H19NO7S/c1-8(2)20-10(15)5-6-21-12(17)19-7-18-11(16)13(4)9(3)14/h8H,5-7H2,1-4H3. The molecule has 0 aromatic heterocycles. The summed E-state index contributed by atoms with van der Waals surface area (Å²) in [6.45, 7) is 4.05. The van der Waals surface area contributed by atoms with Crippen LogP contribution in [0, 0.1) is 0 Å². The van der Waals surface area contributed by atoms with Crippen molar-refractivity contribution in [1.29, 1.82) is 0 Å². The van der Waals surface area contributed by atoms with Crippen LogP contribution in [0.25, 0.3) is 0 Å². The topological polar surface area (TPSA) is 99.2 Å². The smallest absolute Gasteiger partial charge is 0.419 e. The molecule has 0 aromatic rings. The van der Waals surface area contributed by atoms with Gasteiger partial charge in [-0.05, 0) is 25.6 Å². The van der Waals surface area contributed by atoms with E-state index in [0.29, 0.717) is 0 Å². The first-order valence-electron chi connectivity index (χ1n) is 6.14. The molecular formula is C12H19NO7S. The fourth-order valence-electron chi connectivity index (χ4n) is 0.935. The molecule has 120 valence electrons. The molecule has 21 heavy (non-hydrogen) atoms. The number of hydrogen-bond donors (Lipinski definition) is 0. The number of carbonyl (C=O) groups is 4. The fourth-order valence-corrected chi connectivity index (χ4v) is 1.50. The molecule has 0 saturated carbocycles.